The number of H-pyrrole nitrogens is 1. The average molecular weight is 465 g/mol. The van der Waals surface area contributed by atoms with Crippen LogP contribution in [0.3, 0.4) is 0 Å². The molecule has 0 saturated carbocycles. The zero-order valence-electron chi connectivity index (χ0n) is 19.7. The first kappa shape index (κ1) is 22.6. The molecule has 2 atom stereocenters. The van der Waals surface area contributed by atoms with Crippen LogP contribution in [0.5, 0.6) is 0 Å². The maximum Gasteiger partial charge on any atom is 0.319 e. The number of aromatic amines is 1. The summed E-state index contributed by atoms with van der Waals surface area (Å²) in [6, 6.07) is 19.5. The maximum absolute atomic E-state index is 13.1. The fraction of sp³-hybridized carbons (Fsp3) is 0.250. The number of amides is 2. The molecule has 0 radical (unpaired) electrons. The van der Waals surface area contributed by atoms with Crippen molar-refractivity contribution in [2.75, 3.05) is 18.9 Å². The van der Waals surface area contributed by atoms with Gasteiger partial charge in [0.15, 0.2) is 0 Å². The molecule has 0 aliphatic carbocycles. The lowest BCUT2D eigenvalue weighted by Crippen LogP contribution is -2.47. The highest BCUT2D eigenvalue weighted by Gasteiger charge is 2.30. The SMILES string of the molecule is CN1CCCC[C@@H]1C(NC(=O)Nc1ccc2n[nH]c(C#Cc3cccnc3)c2c1)c1ccccc1. The van der Waals surface area contributed by atoms with Gasteiger partial charge < -0.3 is 15.5 Å². The van der Waals surface area contributed by atoms with E-state index in [2.05, 4.69) is 61.7 Å². The van der Waals surface area contributed by atoms with Crippen molar-refractivity contribution >= 4 is 22.6 Å². The number of benzene rings is 2. The van der Waals surface area contributed by atoms with Gasteiger partial charge in [-0.3, -0.25) is 10.1 Å². The van der Waals surface area contributed by atoms with Gasteiger partial charge in [0.05, 0.1) is 11.6 Å². The predicted molar refractivity (Wildman–Crippen MR) is 138 cm³/mol. The second kappa shape index (κ2) is 10.4. The van der Waals surface area contributed by atoms with Gasteiger partial charge in [-0.2, -0.15) is 5.10 Å². The van der Waals surface area contributed by atoms with E-state index in [0.29, 0.717) is 11.4 Å². The lowest BCUT2D eigenvalue weighted by molar-refractivity contribution is 0.147. The van der Waals surface area contributed by atoms with Gasteiger partial charge in [0.25, 0.3) is 0 Å². The number of carbonyl (C=O) groups excluding carboxylic acids is 1. The number of urea groups is 1. The van der Waals surface area contributed by atoms with Crippen LogP contribution in [0.2, 0.25) is 0 Å². The molecule has 1 saturated heterocycles. The van der Waals surface area contributed by atoms with Crippen LogP contribution in [0, 0.1) is 11.8 Å². The number of piperidine rings is 1. The third-order valence-corrected chi connectivity index (χ3v) is 6.46. The van der Waals surface area contributed by atoms with Gasteiger partial charge >= 0.3 is 6.03 Å². The molecule has 5 rings (SSSR count). The third-order valence-electron chi connectivity index (χ3n) is 6.46. The topological polar surface area (TPSA) is 85.9 Å². The molecule has 3 heterocycles. The lowest BCUT2D eigenvalue weighted by atomic mass is 9.91. The Morgan fingerprint density at radius 1 is 1.11 bits per heavy atom. The molecule has 2 aromatic carbocycles. The molecule has 0 spiro atoms. The van der Waals surface area contributed by atoms with Crippen LogP contribution in [-0.2, 0) is 0 Å². The van der Waals surface area contributed by atoms with Gasteiger partial charge in [-0.15, -0.1) is 0 Å². The van der Waals surface area contributed by atoms with Crippen LogP contribution in [0.1, 0.15) is 42.1 Å². The molecular weight excluding hydrogens is 436 g/mol. The first-order valence-electron chi connectivity index (χ1n) is 11.9. The number of carbonyl (C=O) groups is 1. The smallest absolute Gasteiger partial charge is 0.319 e. The molecule has 1 unspecified atom stereocenters. The number of anilines is 1. The Morgan fingerprint density at radius 2 is 2.00 bits per heavy atom. The molecular formula is C28H28N6O. The Balaban J connectivity index is 1.35. The highest BCUT2D eigenvalue weighted by molar-refractivity contribution is 5.94. The second-order valence-corrected chi connectivity index (χ2v) is 8.85. The molecule has 1 aliphatic heterocycles. The van der Waals surface area contributed by atoms with Gasteiger partial charge in [0, 0.05) is 35.1 Å². The number of aromatic nitrogens is 3. The van der Waals surface area contributed by atoms with Gasteiger partial charge in [-0.1, -0.05) is 42.7 Å². The number of fused-ring (bicyclic) bond motifs is 1. The Morgan fingerprint density at radius 3 is 2.80 bits per heavy atom. The number of nitrogens with one attached hydrogen (secondary N) is 3. The van der Waals surface area contributed by atoms with Crippen molar-refractivity contribution in [2.24, 2.45) is 0 Å². The summed E-state index contributed by atoms with van der Waals surface area (Å²) in [5.41, 5.74) is 4.10. The molecule has 1 aliphatic rings. The standard InChI is InChI=1S/C28H28N6O/c1-34-17-6-5-11-26(34)27(21-9-3-2-4-10-21)31-28(35)30-22-13-15-25-23(18-22)24(32-33-25)14-12-20-8-7-16-29-19-20/h2-4,7-10,13,15-16,18-19,26-27H,5-6,11,17H2,1H3,(H,32,33)(H2,30,31,35)/t26-,27?/m1/s1. The highest BCUT2D eigenvalue weighted by Crippen LogP contribution is 2.28. The van der Waals surface area contributed by atoms with E-state index in [1.54, 1.807) is 12.4 Å². The lowest BCUT2D eigenvalue weighted by Gasteiger charge is -2.38. The molecule has 2 amide bonds. The van der Waals surface area contributed by atoms with Crippen LogP contribution in [0.15, 0.2) is 73.1 Å². The average Bonchev–Trinajstić information content (AvgIpc) is 3.30. The van der Waals surface area contributed by atoms with Crippen LogP contribution < -0.4 is 10.6 Å². The molecule has 0 bridgehead atoms. The normalized spacial score (nSPS) is 16.8. The molecule has 1 fully saturated rings. The largest absolute Gasteiger partial charge is 0.329 e. The van der Waals surface area contributed by atoms with Crippen molar-refractivity contribution in [3.05, 3.63) is 89.9 Å². The summed E-state index contributed by atoms with van der Waals surface area (Å²) in [6.45, 7) is 1.04. The second-order valence-electron chi connectivity index (χ2n) is 8.85. The van der Waals surface area contributed by atoms with E-state index < -0.39 is 0 Å². The van der Waals surface area contributed by atoms with Crippen LogP contribution in [0.4, 0.5) is 10.5 Å². The van der Waals surface area contributed by atoms with E-state index >= 15 is 0 Å². The highest BCUT2D eigenvalue weighted by atomic mass is 16.2. The monoisotopic (exact) mass is 464 g/mol. The Bertz CT molecular complexity index is 1360. The van der Waals surface area contributed by atoms with Crippen molar-refractivity contribution < 1.29 is 4.79 Å². The number of likely N-dealkylation sites (N-methyl/N-ethyl adjacent to an activating group) is 1. The number of nitrogens with zero attached hydrogens (tertiary/aromatic N) is 3. The number of rotatable bonds is 4. The molecule has 176 valence electrons. The maximum atomic E-state index is 13.1. The number of hydrogen-bond acceptors (Lipinski definition) is 4. The quantitative estimate of drug-likeness (QED) is 0.382. The summed E-state index contributed by atoms with van der Waals surface area (Å²) in [5.74, 6) is 6.22. The van der Waals surface area contributed by atoms with E-state index in [1.165, 1.54) is 12.8 Å². The molecule has 2 aromatic heterocycles. The van der Waals surface area contributed by atoms with E-state index in [9.17, 15) is 4.79 Å². The number of pyridine rings is 1. The van der Waals surface area contributed by atoms with Crippen LogP contribution in [-0.4, -0.2) is 45.7 Å². The van der Waals surface area contributed by atoms with E-state index in [1.807, 2.05) is 48.5 Å². The van der Waals surface area contributed by atoms with Crippen molar-refractivity contribution in [2.45, 2.75) is 31.3 Å². The van der Waals surface area contributed by atoms with Crippen molar-refractivity contribution in [3.63, 3.8) is 0 Å². The Hall–Kier alpha value is -4.15. The van der Waals surface area contributed by atoms with Crippen LogP contribution in [0.25, 0.3) is 10.9 Å². The minimum Gasteiger partial charge on any atom is -0.329 e. The first-order chi connectivity index (χ1) is 17.2. The van der Waals surface area contributed by atoms with Gasteiger partial charge in [-0.05, 0) is 68.2 Å². The van der Waals surface area contributed by atoms with E-state index in [0.717, 1.165) is 35.0 Å². The van der Waals surface area contributed by atoms with Crippen LogP contribution >= 0.6 is 0 Å². The zero-order chi connectivity index (χ0) is 24.0. The van der Waals surface area contributed by atoms with Crippen molar-refractivity contribution in [3.8, 4) is 11.8 Å². The van der Waals surface area contributed by atoms with Crippen molar-refractivity contribution in [1.29, 1.82) is 0 Å². The molecule has 7 nitrogen and oxygen atoms in total. The van der Waals surface area contributed by atoms with Crippen molar-refractivity contribution in [1.82, 2.24) is 25.4 Å². The minimum absolute atomic E-state index is 0.0972. The third kappa shape index (κ3) is 5.34. The predicted octanol–water partition coefficient (Wildman–Crippen LogP) is 4.70. The number of likely N-dealkylation sites (tertiary alicyclic amines) is 1. The molecule has 7 heteroatoms. The molecule has 4 aromatic rings. The fourth-order valence-electron chi connectivity index (χ4n) is 4.65. The summed E-state index contributed by atoms with van der Waals surface area (Å²) in [4.78, 5) is 19.6. The summed E-state index contributed by atoms with van der Waals surface area (Å²) < 4.78 is 0. The first-order valence-corrected chi connectivity index (χ1v) is 11.9. The summed E-state index contributed by atoms with van der Waals surface area (Å²) >= 11 is 0. The number of hydrogen-bond donors (Lipinski definition) is 3. The summed E-state index contributed by atoms with van der Waals surface area (Å²) in [6.07, 6.45) is 6.85. The Labute approximate surface area is 205 Å². The van der Waals surface area contributed by atoms with E-state index in [-0.39, 0.29) is 18.1 Å². The molecule has 3 N–H and O–H groups in total. The zero-order valence-corrected chi connectivity index (χ0v) is 19.7. The summed E-state index contributed by atoms with van der Waals surface area (Å²) in [5, 5.41) is 14.4. The minimum atomic E-state index is -0.233. The Kier molecular flexibility index (Phi) is 6.73. The summed E-state index contributed by atoms with van der Waals surface area (Å²) in [7, 11) is 2.14. The van der Waals surface area contributed by atoms with E-state index in [4.69, 9.17) is 0 Å². The van der Waals surface area contributed by atoms with Gasteiger partial charge in [0.2, 0.25) is 0 Å². The molecule has 35 heavy (non-hydrogen) atoms. The fourth-order valence-corrected chi connectivity index (χ4v) is 4.65. The van der Waals surface area contributed by atoms with Gasteiger partial charge in [0.1, 0.15) is 5.69 Å². The van der Waals surface area contributed by atoms with Gasteiger partial charge in [-0.25, -0.2) is 4.79 Å².